The molecule has 0 radical (unpaired) electrons. The lowest BCUT2D eigenvalue weighted by Gasteiger charge is -2.29. The first kappa shape index (κ1) is 15.9. The molecule has 16 heavy (non-hydrogen) atoms. The number of hydrogen-bond donors (Lipinski definition) is 1. The van der Waals surface area contributed by atoms with E-state index in [0.29, 0.717) is 6.04 Å². The second-order valence-corrected chi connectivity index (χ2v) is 5.72. The van der Waals surface area contributed by atoms with Crippen molar-refractivity contribution in [3.63, 3.8) is 0 Å². The van der Waals surface area contributed by atoms with E-state index in [4.69, 9.17) is 0 Å². The summed E-state index contributed by atoms with van der Waals surface area (Å²) in [7, 11) is 0. The zero-order chi connectivity index (χ0) is 12.6. The molecule has 1 N–H and O–H groups in total. The van der Waals surface area contributed by atoms with Crippen LogP contribution in [0.5, 0.6) is 0 Å². The zero-order valence-electron chi connectivity index (χ0n) is 12.2. The van der Waals surface area contributed by atoms with Crippen molar-refractivity contribution >= 4 is 0 Å². The SMILES string of the molecule is CCN(CC(C)C)C(C)CNCCC(C)C. The van der Waals surface area contributed by atoms with E-state index in [-0.39, 0.29) is 0 Å². The Morgan fingerprint density at radius 1 is 1.00 bits per heavy atom. The van der Waals surface area contributed by atoms with E-state index in [9.17, 15) is 0 Å². The van der Waals surface area contributed by atoms with Gasteiger partial charge in [0.25, 0.3) is 0 Å². The predicted molar refractivity (Wildman–Crippen MR) is 73.9 cm³/mol. The van der Waals surface area contributed by atoms with Crippen LogP contribution in [0.1, 0.15) is 48.0 Å². The number of nitrogens with zero attached hydrogens (tertiary/aromatic N) is 1. The summed E-state index contributed by atoms with van der Waals surface area (Å²) in [5, 5.41) is 3.56. The molecular formula is C14H32N2. The monoisotopic (exact) mass is 228 g/mol. The maximum absolute atomic E-state index is 3.56. The van der Waals surface area contributed by atoms with E-state index in [2.05, 4.69) is 51.8 Å². The largest absolute Gasteiger partial charge is 0.315 e. The summed E-state index contributed by atoms with van der Waals surface area (Å²) in [6.45, 7) is 18.4. The first-order valence-corrected chi connectivity index (χ1v) is 6.92. The van der Waals surface area contributed by atoms with E-state index in [1.165, 1.54) is 13.0 Å². The highest BCUT2D eigenvalue weighted by Gasteiger charge is 2.12. The van der Waals surface area contributed by atoms with E-state index < -0.39 is 0 Å². The Morgan fingerprint density at radius 3 is 2.06 bits per heavy atom. The molecule has 0 aromatic heterocycles. The van der Waals surface area contributed by atoms with Gasteiger partial charge in [0.2, 0.25) is 0 Å². The molecule has 0 aromatic rings. The molecule has 0 aromatic carbocycles. The van der Waals surface area contributed by atoms with E-state index in [1.807, 2.05) is 0 Å². The third-order valence-corrected chi connectivity index (χ3v) is 2.97. The van der Waals surface area contributed by atoms with E-state index in [0.717, 1.165) is 31.5 Å². The molecule has 98 valence electrons. The molecule has 0 aliphatic carbocycles. The van der Waals surface area contributed by atoms with Crippen molar-refractivity contribution in [2.45, 2.75) is 54.0 Å². The van der Waals surface area contributed by atoms with Crippen molar-refractivity contribution in [3.8, 4) is 0 Å². The Labute approximate surface area is 103 Å². The highest BCUT2D eigenvalue weighted by molar-refractivity contribution is 4.69. The Bertz CT molecular complexity index is 155. The van der Waals surface area contributed by atoms with Crippen molar-refractivity contribution in [2.24, 2.45) is 11.8 Å². The summed E-state index contributed by atoms with van der Waals surface area (Å²) in [5.74, 6) is 1.57. The van der Waals surface area contributed by atoms with Crippen LogP contribution in [0.25, 0.3) is 0 Å². The Kier molecular flexibility index (Phi) is 8.96. The average Bonchev–Trinajstić information content (AvgIpc) is 2.20. The summed E-state index contributed by atoms with van der Waals surface area (Å²) >= 11 is 0. The van der Waals surface area contributed by atoms with Gasteiger partial charge in [0.15, 0.2) is 0 Å². The van der Waals surface area contributed by atoms with Crippen LogP contribution < -0.4 is 5.32 Å². The van der Waals surface area contributed by atoms with Crippen molar-refractivity contribution in [3.05, 3.63) is 0 Å². The molecule has 0 fully saturated rings. The van der Waals surface area contributed by atoms with Gasteiger partial charge in [0.05, 0.1) is 0 Å². The van der Waals surface area contributed by atoms with Gasteiger partial charge in [-0.25, -0.2) is 0 Å². The van der Waals surface area contributed by atoms with Crippen LogP contribution in [0.3, 0.4) is 0 Å². The lowest BCUT2D eigenvalue weighted by Crippen LogP contribution is -2.42. The maximum Gasteiger partial charge on any atom is 0.0192 e. The van der Waals surface area contributed by atoms with Crippen molar-refractivity contribution < 1.29 is 0 Å². The molecule has 0 bridgehead atoms. The van der Waals surface area contributed by atoms with Crippen LogP contribution in [0.2, 0.25) is 0 Å². The lowest BCUT2D eigenvalue weighted by atomic mass is 10.1. The number of hydrogen-bond acceptors (Lipinski definition) is 2. The van der Waals surface area contributed by atoms with Gasteiger partial charge in [-0.3, -0.25) is 4.90 Å². The topological polar surface area (TPSA) is 15.3 Å². The van der Waals surface area contributed by atoms with Crippen LogP contribution in [0.15, 0.2) is 0 Å². The van der Waals surface area contributed by atoms with Crippen molar-refractivity contribution in [1.82, 2.24) is 10.2 Å². The molecule has 2 heteroatoms. The number of likely N-dealkylation sites (N-methyl/N-ethyl adjacent to an activating group) is 1. The summed E-state index contributed by atoms with van der Waals surface area (Å²) in [6.07, 6.45) is 1.28. The second kappa shape index (κ2) is 9.00. The molecule has 0 heterocycles. The second-order valence-electron chi connectivity index (χ2n) is 5.72. The van der Waals surface area contributed by atoms with Crippen LogP contribution in [-0.4, -0.2) is 37.1 Å². The van der Waals surface area contributed by atoms with E-state index in [1.54, 1.807) is 0 Å². The van der Waals surface area contributed by atoms with Crippen molar-refractivity contribution in [1.29, 1.82) is 0 Å². The molecule has 2 nitrogen and oxygen atoms in total. The first-order valence-electron chi connectivity index (χ1n) is 6.92. The fourth-order valence-electron chi connectivity index (χ4n) is 1.92. The predicted octanol–water partition coefficient (Wildman–Crippen LogP) is 2.99. The van der Waals surface area contributed by atoms with Crippen LogP contribution >= 0.6 is 0 Å². The van der Waals surface area contributed by atoms with Gasteiger partial charge in [-0.15, -0.1) is 0 Å². The fourth-order valence-corrected chi connectivity index (χ4v) is 1.92. The third-order valence-electron chi connectivity index (χ3n) is 2.97. The molecule has 1 atom stereocenters. The maximum atomic E-state index is 3.56. The number of rotatable bonds is 9. The van der Waals surface area contributed by atoms with Gasteiger partial charge < -0.3 is 5.32 Å². The minimum absolute atomic E-state index is 0.652. The van der Waals surface area contributed by atoms with Crippen LogP contribution in [-0.2, 0) is 0 Å². The highest BCUT2D eigenvalue weighted by atomic mass is 15.2. The molecule has 0 rings (SSSR count). The molecule has 0 spiro atoms. The standard InChI is InChI=1S/C14H32N2/c1-7-16(11-13(4)5)14(6)10-15-9-8-12(2)3/h12-15H,7-11H2,1-6H3. The normalized spacial score (nSPS) is 14.1. The summed E-state index contributed by atoms with van der Waals surface area (Å²) in [4.78, 5) is 2.56. The third kappa shape index (κ3) is 8.12. The lowest BCUT2D eigenvalue weighted by molar-refractivity contribution is 0.192. The quantitative estimate of drug-likeness (QED) is 0.610. The Morgan fingerprint density at radius 2 is 1.62 bits per heavy atom. The fraction of sp³-hybridized carbons (Fsp3) is 1.00. The Balaban J connectivity index is 3.70. The highest BCUT2D eigenvalue weighted by Crippen LogP contribution is 2.03. The van der Waals surface area contributed by atoms with Gasteiger partial charge in [0.1, 0.15) is 0 Å². The van der Waals surface area contributed by atoms with Gasteiger partial charge in [-0.05, 0) is 38.3 Å². The summed E-state index contributed by atoms with van der Waals surface area (Å²) < 4.78 is 0. The molecule has 1 unspecified atom stereocenters. The zero-order valence-corrected chi connectivity index (χ0v) is 12.2. The smallest absolute Gasteiger partial charge is 0.0192 e. The molecular weight excluding hydrogens is 196 g/mol. The van der Waals surface area contributed by atoms with Crippen molar-refractivity contribution in [2.75, 3.05) is 26.2 Å². The minimum atomic E-state index is 0.652. The Hall–Kier alpha value is -0.0800. The molecule has 0 amide bonds. The summed E-state index contributed by atoms with van der Waals surface area (Å²) in [5.41, 5.74) is 0. The van der Waals surface area contributed by atoms with Gasteiger partial charge in [-0.1, -0.05) is 34.6 Å². The molecule has 0 saturated heterocycles. The van der Waals surface area contributed by atoms with Gasteiger partial charge in [-0.2, -0.15) is 0 Å². The molecule has 0 aliphatic rings. The van der Waals surface area contributed by atoms with E-state index >= 15 is 0 Å². The van der Waals surface area contributed by atoms with Gasteiger partial charge in [0, 0.05) is 19.1 Å². The average molecular weight is 228 g/mol. The first-order chi connectivity index (χ1) is 7.47. The number of nitrogens with one attached hydrogen (secondary N) is 1. The summed E-state index contributed by atoms with van der Waals surface area (Å²) in [6, 6.07) is 0.652. The molecule has 0 aliphatic heterocycles. The molecule has 0 saturated carbocycles. The van der Waals surface area contributed by atoms with Crippen LogP contribution in [0, 0.1) is 11.8 Å². The van der Waals surface area contributed by atoms with Crippen LogP contribution in [0.4, 0.5) is 0 Å². The minimum Gasteiger partial charge on any atom is -0.315 e. The van der Waals surface area contributed by atoms with Gasteiger partial charge >= 0.3 is 0 Å².